The largest absolute Gasteiger partial charge is 0.355 e. The smallest absolute Gasteiger partial charge is 0.226 e. The summed E-state index contributed by atoms with van der Waals surface area (Å²) in [7, 11) is 0. The molecule has 4 nitrogen and oxygen atoms in total. The molecule has 4 rings (SSSR count). The fourth-order valence-electron chi connectivity index (χ4n) is 2.64. The van der Waals surface area contributed by atoms with Crippen molar-refractivity contribution in [2.45, 2.75) is 18.9 Å². The summed E-state index contributed by atoms with van der Waals surface area (Å²) in [5.41, 5.74) is 0.933. The Balaban J connectivity index is 1.45. The molecule has 2 heterocycles. The van der Waals surface area contributed by atoms with Gasteiger partial charge < -0.3 is 10.2 Å². The van der Waals surface area contributed by atoms with Crippen LogP contribution in [0, 0.1) is 5.92 Å². The van der Waals surface area contributed by atoms with E-state index in [4.69, 9.17) is 11.6 Å². The number of rotatable bonds is 3. The first-order valence-electron chi connectivity index (χ1n) is 7.31. The second kappa shape index (κ2) is 4.88. The summed E-state index contributed by atoms with van der Waals surface area (Å²) in [6, 6.07) is 10.2. The highest BCUT2D eigenvalue weighted by Crippen LogP contribution is 2.27. The predicted octanol–water partition coefficient (Wildman–Crippen LogP) is 2.60. The maximum atomic E-state index is 11.9. The van der Waals surface area contributed by atoms with Crippen molar-refractivity contribution in [1.82, 2.24) is 10.3 Å². The molecule has 1 saturated heterocycles. The molecule has 1 aliphatic heterocycles. The summed E-state index contributed by atoms with van der Waals surface area (Å²) in [5.74, 6) is 1.23. The molecular weight excluding hydrogens is 286 g/mol. The SMILES string of the molecule is O=C(NC1CC1)C1CN(c2ccc3cc(Cl)ccc3n2)C1. The van der Waals surface area contributed by atoms with Crippen LogP contribution in [0.25, 0.3) is 10.9 Å². The van der Waals surface area contributed by atoms with E-state index in [1.54, 1.807) is 0 Å². The van der Waals surface area contributed by atoms with Crippen molar-refractivity contribution in [1.29, 1.82) is 0 Å². The van der Waals surface area contributed by atoms with Crippen LogP contribution in [0.1, 0.15) is 12.8 Å². The van der Waals surface area contributed by atoms with Crippen LogP contribution >= 0.6 is 11.6 Å². The molecule has 1 aromatic heterocycles. The number of halogens is 1. The number of hydrogen-bond acceptors (Lipinski definition) is 3. The minimum Gasteiger partial charge on any atom is -0.355 e. The van der Waals surface area contributed by atoms with E-state index in [-0.39, 0.29) is 11.8 Å². The molecule has 1 amide bonds. The molecule has 108 valence electrons. The molecule has 0 unspecified atom stereocenters. The van der Waals surface area contributed by atoms with Gasteiger partial charge in [-0.15, -0.1) is 0 Å². The lowest BCUT2D eigenvalue weighted by Crippen LogP contribution is -2.54. The summed E-state index contributed by atoms with van der Waals surface area (Å²) < 4.78 is 0. The Morgan fingerprint density at radius 2 is 2.05 bits per heavy atom. The monoisotopic (exact) mass is 301 g/mol. The lowest BCUT2D eigenvalue weighted by Gasteiger charge is -2.39. The number of nitrogens with one attached hydrogen (secondary N) is 1. The normalized spacial score (nSPS) is 18.6. The van der Waals surface area contributed by atoms with Gasteiger partial charge in [0.2, 0.25) is 5.91 Å². The summed E-state index contributed by atoms with van der Waals surface area (Å²) in [6.45, 7) is 1.51. The standard InChI is InChI=1S/C16H16ClN3O/c17-12-2-5-14-10(7-12)1-6-15(19-14)20-8-11(9-20)16(21)18-13-3-4-13/h1-2,5-7,11,13H,3-4,8-9H2,(H,18,21). The third kappa shape index (κ3) is 2.56. The predicted molar refractivity (Wildman–Crippen MR) is 83.6 cm³/mol. The van der Waals surface area contributed by atoms with Gasteiger partial charge in [0, 0.05) is 29.5 Å². The number of amides is 1. The van der Waals surface area contributed by atoms with Crippen molar-refractivity contribution in [2.24, 2.45) is 5.92 Å². The van der Waals surface area contributed by atoms with Gasteiger partial charge >= 0.3 is 0 Å². The molecule has 5 heteroatoms. The molecular formula is C16H16ClN3O. The van der Waals surface area contributed by atoms with Gasteiger partial charge in [-0.1, -0.05) is 11.6 Å². The number of hydrogen-bond donors (Lipinski definition) is 1. The van der Waals surface area contributed by atoms with E-state index in [0.717, 1.165) is 47.7 Å². The summed E-state index contributed by atoms with van der Waals surface area (Å²) in [6.07, 6.45) is 2.27. The second-order valence-electron chi connectivity index (χ2n) is 5.89. The Bertz CT molecular complexity index is 708. The molecule has 0 spiro atoms. The number of carbonyl (C=O) groups excluding carboxylic acids is 1. The lowest BCUT2D eigenvalue weighted by molar-refractivity contribution is -0.125. The minimum absolute atomic E-state index is 0.105. The Morgan fingerprint density at radius 1 is 1.24 bits per heavy atom. The molecule has 2 fully saturated rings. The summed E-state index contributed by atoms with van der Waals surface area (Å²) in [5, 5.41) is 4.82. The number of nitrogens with zero attached hydrogens (tertiary/aromatic N) is 2. The molecule has 0 radical (unpaired) electrons. The van der Waals surface area contributed by atoms with E-state index in [1.807, 2.05) is 30.3 Å². The number of fused-ring (bicyclic) bond motifs is 1. The average molecular weight is 302 g/mol. The first-order valence-corrected chi connectivity index (χ1v) is 7.68. The first-order chi connectivity index (χ1) is 10.2. The fraction of sp³-hybridized carbons (Fsp3) is 0.375. The Morgan fingerprint density at radius 3 is 2.81 bits per heavy atom. The van der Waals surface area contributed by atoms with E-state index < -0.39 is 0 Å². The van der Waals surface area contributed by atoms with Crippen LogP contribution in [-0.4, -0.2) is 30.0 Å². The molecule has 0 atom stereocenters. The summed E-state index contributed by atoms with van der Waals surface area (Å²) >= 11 is 5.98. The van der Waals surface area contributed by atoms with E-state index in [1.165, 1.54) is 0 Å². The second-order valence-corrected chi connectivity index (χ2v) is 6.33. The number of pyridine rings is 1. The van der Waals surface area contributed by atoms with Crippen LogP contribution in [-0.2, 0) is 4.79 Å². The van der Waals surface area contributed by atoms with Crippen molar-refractivity contribution < 1.29 is 4.79 Å². The molecule has 1 N–H and O–H groups in total. The molecule has 1 aliphatic carbocycles. The van der Waals surface area contributed by atoms with E-state index in [2.05, 4.69) is 15.2 Å². The maximum Gasteiger partial charge on any atom is 0.226 e. The topological polar surface area (TPSA) is 45.2 Å². The van der Waals surface area contributed by atoms with Crippen LogP contribution in [0.3, 0.4) is 0 Å². The Kier molecular flexibility index (Phi) is 3.00. The van der Waals surface area contributed by atoms with E-state index in [0.29, 0.717) is 6.04 Å². The molecule has 21 heavy (non-hydrogen) atoms. The molecule has 1 saturated carbocycles. The van der Waals surface area contributed by atoms with Gasteiger partial charge in [-0.25, -0.2) is 4.98 Å². The van der Waals surface area contributed by atoms with Gasteiger partial charge in [0.05, 0.1) is 11.4 Å². The van der Waals surface area contributed by atoms with Crippen LogP contribution in [0.2, 0.25) is 5.02 Å². The van der Waals surface area contributed by atoms with Gasteiger partial charge in [0.1, 0.15) is 5.82 Å². The van der Waals surface area contributed by atoms with Crippen molar-refractivity contribution in [3.05, 3.63) is 35.4 Å². The van der Waals surface area contributed by atoms with Gasteiger partial charge in [-0.3, -0.25) is 4.79 Å². The highest BCUT2D eigenvalue weighted by Gasteiger charge is 2.35. The number of benzene rings is 1. The van der Waals surface area contributed by atoms with Crippen molar-refractivity contribution in [2.75, 3.05) is 18.0 Å². The molecule has 2 aliphatic rings. The maximum absolute atomic E-state index is 11.9. The summed E-state index contributed by atoms with van der Waals surface area (Å²) in [4.78, 5) is 18.7. The van der Waals surface area contributed by atoms with Crippen LogP contribution < -0.4 is 10.2 Å². The number of carbonyl (C=O) groups is 1. The first kappa shape index (κ1) is 12.9. The Hall–Kier alpha value is -1.81. The quantitative estimate of drug-likeness (QED) is 0.948. The van der Waals surface area contributed by atoms with Crippen molar-refractivity contribution >= 4 is 34.2 Å². The fourth-order valence-corrected chi connectivity index (χ4v) is 2.82. The minimum atomic E-state index is 0.105. The zero-order valence-electron chi connectivity index (χ0n) is 11.6. The van der Waals surface area contributed by atoms with Crippen molar-refractivity contribution in [3.8, 4) is 0 Å². The zero-order valence-corrected chi connectivity index (χ0v) is 12.3. The van der Waals surface area contributed by atoms with Crippen LogP contribution in [0.5, 0.6) is 0 Å². The lowest BCUT2D eigenvalue weighted by atomic mass is 9.99. The average Bonchev–Trinajstić information content (AvgIpc) is 3.21. The zero-order chi connectivity index (χ0) is 14.4. The molecule has 1 aromatic carbocycles. The molecule has 2 aromatic rings. The van der Waals surface area contributed by atoms with E-state index >= 15 is 0 Å². The van der Waals surface area contributed by atoms with Gasteiger partial charge in [0.25, 0.3) is 0 Å². The van der Waals surface area contributed by atoms with Crippen molar-refractivity contribution in [3.63, 3.8) is 0 Å². The number of aromatic nitrogens is 1. The highest BCUT2D eigenvalue weighted by molar-refractivity contribution is 6.31. The Labute approximate surface area is 128 Å². The third-order valence-electron chi connectivity index (χ3n) is 4.14. The van der Waals surface area contributed by atoms with E-state index in [9.17, 15) is 4.79 Å². The number of anilines is 1. The third-order valence-corrected chi connectivity index (χ3v) is 4.37. The van der Waals surface area contributed by atoms with Crippen LogP contribution in [0.15, 0.2) is 30.3 Å². The van der Waals surface area contributed by atoms with Crippen LogP contribution in [0.4, 0.5) is 5.82 Å². The highest BCUT2D eigenvalue weighted by atomic mass is 35.5. The van der Waals surface area contributed by atoms with Gasteiger partial charge in [0.15, 0.2) is 0 Å². The van der Waals surface area contributed by atoms with Gasteiger partial charge in [-0.2, -0.15) is 0 Å². The molecule has 0 bridgehead atoms. The van der Waals surface area contributed by atoms with Gasteiger partial charge in [-0.05, 0) is 43.2 Å².